The predicted octanol–water partition coefficient (Wildman–Crippen LogP) is 4.24. The van der Waals surface area contributed by atoms with Crippen molar-refractivity contribution < 1.29 is 22.7 Å². The van der Waals surface area contributed by atoms with Crippen LogP contribution in [0.3, 0.4) is 0 Å². The first-order valence-corrected chi connectivity index (χ1v) is 7.12. The van der Waals surface area contributed by atoms with E-state index in [-0.39, 0.29) is 16.9 Å². The predicted molar refractivity (Wildman–Crippen MR) is 84.3 cm³/mol. The van der Waals surface area contributed by atoms with E-state index in [0.29, 0.717) is 0 Å². The van der Waals surface area contributed by atoms with E-state index in [1.165, 1.54) is 30.5 Å². The smallest absolute Gasteiger partial charge is 0.420 e. The van der Waals surface area contributed by atoms with Crippen LogP contribution in [0.25, 0.3) is 11.1 Å². The van der Waals surface area contributed by atoms with Gasteiger partial charge in [-0.3, -0.25) is 0 Å². The molecule has 130 valence electrons. The topological polar surface area (TPSA) is 69.3 Å². The molecular weight excluding hydrogens is 323 g/mol. The molecule has 2 aromatic rings. The van der Waals surface area contributed by atoms with E-state index in [1.807, 2.05) is 0 Å². The van der Waals surface area contributed by atoms with Gasteiger partial charge in [-0.2, -0.15) is 13.2 Å². The minimum atomic E-state index is -4.53. The van der Waals surface area contributed by atoms with Crippen LogP contribution in [0.2, 0.25) is 0 Å². The van der Waals surface area contributed by atoms with Crippen molar-refractivity contribution in [2.75, 3.05) is 5.43 Å². The molecular formula is C16H18F3N3O2. The second-order valence-electron chi connectivity index (χ2n) is 6.12. The van der Waals surface area contributed by atoms with Crippen LogP contribution in [0, 0.1) is 0 Å². The van der Waals surface area contributed by atoms with E-state index in [0.717, 1.165) is 10.6 Å². The second-order valence-corrected chi connectivity index (χ2v) is 6.12. The van der Waals surface area contributed by atoms with Crippen LogP contribution in [-0.2, 0) is 10.9 Å². The largest absolute Gasteiger partial charge is 0.443 e. The minimum absolute atomic E-state index is 0.0148. The molecule has 0 radical (unpaired) electrons. The Morgan fingerprint density at radius 2 is 1.75 bits per heavy atom. The number of nitrogens with one attached hydrogen (secondary N) is 1. The van der Waals surface area contributed by atoms with E-state index in [4.69, 9.17) is 10.6 Å². The van der Waals surface area contributed by atoms with Gasteiger partial charge in [-0.25, -0.2) is 15.2 Å². The molecule has 8 heteroatoms. The number of rotatable bonds is 2. The molecule has 24 heavy (non-hydrogen) atoms. The number of ether oxygens (including phenoxy) is 1. The number of hydrogen-bond acceptors (Lipinski definition) is 4. The van der Waals surface area contributed by atoms with Crippen LogP contribution in [0.15, 0.2) is 36.5 Å². The first-order valence-electron chi connectivity index (χ1n) is 7.12. The number of anilines is 1. The maximum atomic E-state index is 13.2. The molecule has 0 spiro atoms. The Labute approximate surface area is 137 Å². The number of benzene rings is 1. The molecule has 0 amide bonds. The number of nitrogens with zero attached hydrogens (tertiary/aromatic N) is 1. The fraction of sp³-hybridized carbons (Fsp3) is 0.312. The van der Waals surface area contributed by atoms with Gasteiger partial charge in [-0.15, -0.1) is 0 Å². The molecule has 2 rings (SSSR count). The molecule has 0 saturated heterocycles. The third-order valence-electron chi connectivity index (χ3n) is 3.14. The lowest BCUT2D eigenvalue weighted by atomic mass is 10.0. The number of carbonyl (C=O) groups is 1. The summed E-state index contributed by atoms with van der Waals surface area (Å²) in [4.78, 5) is 12.2. The van der Waals surface area contributed by atoms with Crippen molar-refractivity contribution in [3.8, 4) is 11.1 Å². The molecule has 0 unspecified atom stereocenters. The van der Waals surface area contributed by atoms with Crippen LogP contribution in [0.4, 0.5) is 23.8 Å². The standard InChI is InChI=1S/C16H18F3N3O2/c1-15(2,3)24-14(23)22-9-8-11(13(22)21-20)10-6-4-5-7-12(10)16(17,18)19/h4-9,21H,20H2,1-3H3. The summed E-state index contributed by atoms with van der Waals surface area (Å²) in [7, 11) is 0. The Morgan fingerprint density at radius 1 is 1.12 bits per heavy atom. The SMILES string of the molecule is CC(C)(C)OC(=O)n1ccc(-c2ccccc2C(F)(F)F)c1NN. The third kappa shape index (κ3) is 3.70. The highest BCUT2D eigenvalue weighted by atomic mass is 19.4. The number of nitrogens with two attached hydrogens (primary N) is 1. The summed E-state index contributed by atoms with van der Waals surface area (Å²) < 4.78 is 45.9. The average molecular weight is 341 g/mol. The zero-order chi connectivity index (χ0) is 18.1. The molecule has 1 heterocycles. The number of halogens is 3. The summed E-state index contributed by atoms with van der Waals surface area (Å²) in [5.74, 6) is 5.45. The van der Waals surface area contributed by atoms with Crippen molar-refractivity contribution in [2.24, 2.45) is 5.84 Å². The molecule has 0 aliphatic rings. The highest BCUT2D eigenvalue weighted by Gasteiger charge is 2.34. The quantitative estimate of drug-likeness (QED) is 0.633. The normalized spacial score (nSPS) is 12.1. The molecule has 0 saturated carbocycles. The van der Waals surface area contributed by atoms with Gasteiger partial charge in [-0.05, 0) is 38.5 Å². The van der Waals surface area contributed by atoms with E-state index >= 15 is 0 Å². The number of hydrazine groups is 1. The molecule has 1 aromatic carbocycles. The highest BCUT2D eigenvalue weighted by molar-refractivity contribution is 5.86. The van der Waals surface area contributed by atoms with E-state index in [1.54, 1.807) is 20.8 Å². The van der Waals surface area contributed by atoms with Crippen LogP contribution in [0.5, 0.6) is 0 Å². The average Bonchev–Trinajstić information content (AvgIpc) is 2.88. The Morgan fingerprint density at radius 3 is 2.29 bits per heavy atom. The first-order chi connectivity index (χ1) is 11.0. The molecule has 0 aliphatic heterocycles. The lowest BCUT2D eigenvalue weighted by molar-refractivity contribution is -0.137. The van der Waals surface area contributed by atoms with E-state index in [2.05, 4.69) is 5.43 Å². The van der Waals surface area contributed by atoms with E-state index < -0.39 is 23.4 Å². The molecule has 0 atom stereocenters. The number of aromatic nitrogens is 1. The molecule has 3 N–H and O–H groups in total. The fourth-order valence-electron chi connectivity index (χ4n) is 2.23. The van der Waals surface area contributed by atoms with Crippen LogP contribution in [-0.4, -0.2) is 16.3 Å². The summed E-state index contributed by atoms with van der Waals surface area (Å²) in [5.41, 5.74) is 0.780. The second kappa shape index (κ2) is 6.20. The van der Waals surface area contributed by atoms with Crippen LogP contribution >= 0.6 is 0 Å². The van der Waals surface area contributed by atoms with Crippen molar-refractivity contribution in [3.05, 3.63) is 42.1 Å². The third-order valence-corrected chi connectivity index (χ3v) is 3.14. The van der Waals surface area contributed by atoms with Crippen LogP contribution < -0.4 is 11.3 Å². The van der Waals surface area contributed by atoms with Gasteiger partial charge in [0.2, 0.25) is 0 Å². The van der Waals surface area contributed by atoms with Gasteiger partial charge < -0.3 is 10.2 Å². The van der Waals surface area contributed by atoms with Gasteiger partial charge in [0.05, 0.1) is 5.56 Å². The van der Waals surface area contributed by atoms with Crippen molar-refractivity contribution in [1.82, 2.24) is 4.57 Å². The Bertz CT molecular complexity index is 746. The Kier molecular flexibility index (Phi) is 4.61. The zero-order valence-corrected chi connectivity index (χ0v) is 13.4. The molecule has 0 aliphatic carbocycles. The van der Waals surface area contributed by atoms with Gasteiger partial charge in [0, 0.05) is 11.8 Å². The maximum absolute atomic E-state index is 13.2. The highest BCUT2D eigenvalue weighted by Crippen LogP contribution is 2.39. The maximum Gasteiger partial charge on any atom is 0.420 e. The molecule has 0 bridgehead atoms. The summed E-state index contributed by atoms with van der Waals surface area (Å²) in [6.45, 7) is 5.05. The van der Waals surface area contributed by atoms with E-state index in [9.17, 15) is 18.0 Å². The molecule has 1 aromatic heterocycles. The first kappa shape index (κ1) is 17.9. The van der Waals surface area contributed by atoms with Crippen molar-refractivity contribution in [2.45, 2.75) is 32.5 Å². The number of hydrogen-bond donors (Lipinski definition) is 2. The van der Waals surface area contributed by atoms with Gasteiger partial charge in [0.15, 0.2) is 0 Å². The number of carbonyl (C=O) groups excluding carboxylic acids is 1. The van der Waals surface area contributed by atoms with Gasteiger partial charge in [0.25, 0.3) is 0 Å². The zero-order valence-electron chi connectivity index (χ0n) is 13.4. The monoisotopic (exact) mass is 341 g/mol. The summed E-state index contributed by atoms with van der Waals surface area (Å²) in [6.07, 6.45) is -3.96. The van der Waals surface area contributed by atoms with Gasteiger partial charge in [-0.1, -0.05) is 18.2 Å². The summed E-state index contributed by atoms with van der Waals surface area (Å²) in [6, 6.07) is 6.45. The van der Waals surface area contributed by atoms with Crippen LogP contribution in [0.1, 0.15) is 26.3 Å². The van der Waals surface area contributed by atoms with Crippen molar-refractivity contribution >= 4 is 11.9 Å². The molecule has 5 nitrogen and oxygen atoms in total. The van der Waals surface area contributed by atoms with Gasteiger partial charge in [0.1, 0.15) is 11.4 Å². The molecule has 0 fully saturated rings. The Hall–Kier alpha value is -2.48. The minimum Gasteiger partial charge on any atom is -0.443 e. The van der Waals surface area contributed by atoms with Crippen molar-refractivity contribution in [1.29, 1.82) is 0 Å². The summed E-state index contributed by atoms with van der Waals surface area (Å²) >= 11 is 0. The van der Waals surface area contributed by atoms with Gasteiger partial charge >= 0.3 is 12.3 Å². The number of alkyl halides is 3. The van der Waals surface area contributed by atoms with Crippen molar-refractivity contribution in [3.63, 3.8) is 0 Å². The Balaban J connectivity index is 2.54. The number of nitrogen functional groups attached to an aromatic ring is 1. The lowest BCUT2D eigenvalue weighted by Gasteiger charge is -2.20. The summed E-state index contributed by atoms with van der Waals surface area (Å²) in [5, 5.41) is 0. The lowest BCUT2D eigenvalue weighted by Crippen LogP contribution is -2.28. The fourth-order valence-corrected chi connectivity index (χ4v) is 2.23.